The van der Waals surface area contributed by atoms with Crippen molar-refractivity contribution >= 4 is 11.9 Å². The first-order valence-electron chi connectivity index (χ1n) is 4.97. The molecule has 1 amide bonds. The number of rotatable bonds is 5. The Balaban J connectivity index is 1.89. The zero-order chi connectivity index (χ0) is 12.1. The molecule has 0 spiro atoms. The molecule has 0 unspecified atom stereocenters. The van der Waals surface area contributed by atoms with Gasteiger partial charge in [0, 0.05) is 6.20 Å². The fraction of sp³-hybridized carbons (Fsp3) is 0.375. The maximum absolute atomic E-state index is 11.5. The van der Waals surface area contributed by atoms with Gasteiger partial charge in [0.05, 0.1) is 12.8 Å². The quantitative estimate of drug-likeness (QED) is 0.720. The number of nitrogens with one attached hydrogen (secondary N) is 2. The highest BCUT2D eigenvalue weighted by Gasteiger charge is 2.08. The highest BCUT2D eigenvalue weighted by Crippen LogP contribution is 2.05. The number of anilines is 1. The molecule has 9 heteroatoms. The van der Waals surface area contributed by atoms with Crippen LogP contribution in [0.4, 0.5) is 5.95 Å². The molecular formula is C8H11N7O2. The van der Waals surface area contributed by atoms with Gasteiger partial charge < -0.3 is 4.74 Å². The van der Waals surface area contributed by atoms with Crippen molar-refractivity contribution in [3.8, 4) is 6.01 Å². The minimum absolute atomic E-state index is 0.0602. The largest absolute Gasteiger partial charge is 0.463 e. The summed E-state index contributed by atoms with van der Waals surface area (Å²) in [6.07, 6.45) is 3.08. The number of aromatic nitrogens is 6. The normalized spacial score (nSPS) is 10.2. The van der Waals surface area contributed by atoms with Crippen LogP contribution in [0.2, 0.25) is 0 Å². The third kappa shape index (κ3) is 3.00. The molecule has 0 bridgehead atoms. The SMILES string of the molecule is CCOc1n[nH]c(NC(=O)Cn2ccnn2)n1. The molecule has 17 heavy (non-hydrogen) atoms. The van der Waals surface area contributed by atoms with Gasteiger partial charge in [-0.25, -0.2) is 9.78 Å². The molecule has 0 aromatic carbocycles. The van der Waals surface area contributed by atoms with Crippen LogP contribution in [0.25, 0.3) is 0 Å². The second kappa shape index (κ2) is 5.05. The molecule has 0 radical (unpaired) electrons. The number of hydrogen-bond acceptors (Lipinski definition) is 6. The third-order valence-electron chi connectivity index (χ3n) is 1.77. The molecule has 2 heterocycles. The topological polar surface area (TPSA) is 111 Å². The van der Waals surface area contributed by atoms with Crippen LogP contribution in [0, 0.1) is 0 Å². The Bertz CT molecular complexity index is 478. The van der Waals surface area contributed by atoms with E-state index in [1.165, 1.54) is 10.9 Å². The summed E-state index contributed by atoms with van der Waals surface area (Å²) in [5.41, 5.74) is 0. The average Bonchev–Trinajstić information content (AvgIpc) is 2.91. The molecular weight excluding hydrogens is 226 g/mol. The molecule has 0 aliphatic carbocycles. The minimum atomic E-state index is -0.283. The van der Waals surface area contributed by atoms with Gasteiger partial charge in [0.15, 0.2) is 0 Å². The lowest BCUT2D eigenvalue weighted by Gasteiger charge is -2.00. The third-order valence-corrected chi connectivity index (χ3v) is 1.77. The first kappa shape index (κ1) is 11.0. The molecule has 2 N–H and O–H groups in total. The summed E-state index contributed by atoms with van der Waals surface area (Å²) >= 11 is 0. The number of carbonyl (C=O) groups excluding carboxylic acids is 1. The number of nitrogens with zero attached hydrogens (tertiary/aromatic N) is 5. The molecule has 0 saturated carbocycles. The van der Waals surface area contributed by atoms with Crippen molar-refractivity contribution in [1.82, 2.24) is 30.2 Å². The highest BCUT2D eigenvalue weighted by atomic mass is 16.5. The summed E-state index contributed by atoms with van der Waals surface area (Å²) in [4.78, 5) is 15.4. The Morgan fingerprint density at radius 1 is 1.65 bits per heavy atom. The highest BCUT2D eigenvalue weighted by molar-refractivity contribution is 5.88. The van der Waals surface area contributed by atoms with E-state index in [0.717, 1.165) is 0 Å². The number of amides is 1. The van der Waals surface area contributed by atoms with Crippen LogP contribution >= 0.6 is 0 Å². The van der Waals surface area contributed by atoms with E-state index in [1.807, 2.05) is 6.92 Å². The number of carbonyl (C=O) groups is 1. The lowest BCUT2D eigenvalue weighted by molar-refractivity contribution is -0.117. The Morgan fingerprint density at radius 2 is 2.53 bits per heavy atom. The van der Waals surface area contributed by atoms with Gasteiger partial charge in [0.2, 0.25) is 11.9 Å². The van der Waals surface area contributed by atoms with E-state index in [1.54, 1.807) is 6.20 Å². The minimum Gasteiger partial charge on any atom is -0.463 e. The van der Waals surface area contributed by atoms with Gasteiger partial charge >= 0.3 is 6.01 Å². The van der Waals surface area contributed by atoms with Gasteiger partial charge in [-0.05, 0) is 6.92 Å². The van der Waals surface area contributed by atoms with E-state index in [2.05, 4.69) is 30.8 Å². The molecule has 9 nitrogen and oxygen atoms in total. The van der Waals surface area contributed by atoms with Crippen LogP contribution in [0.3, 0.4) is 0 Å². The van der Waals surface area contributed by atoms with Gasteiger partial charge in [0.25, 0.3) is 0 Å². The van der Waals surface area contributed by atoms with E-state index in [4.69, 9.17) is 4.74 Å². The zero-order valence-corrected chi connectivity index (χ0v) is 9.12. The summed E-state index contributed by atoms with van der Waals surface area (Å²) in [5.74, 6) is -0.0479. The van der Waals surface area contributed by atoms with Gasteiger partial charge in [-0.1, -0.05) is 5.21 Å². The van der Waals surface area contributed by atoms with Crippen LogP contribution in [0.5, 0.6) is 6.01 Å². The van der Waals surface area contributed by atoms with Crippen molar-refractivity contribution in [3.63, 3.8) is 0 Å². The Kier molecular flexibility index (Phi) is 3.28. The van der Waals surface area contributed by atoms with Gasteiger partial charge in [-0.15, -0.1) is 10.2 Å². The summed E-state index contributed by atoms with van der Waals surface area (Å²) in [5, 5.41) is 16.1. The monoisotopic (exact) mass is 237 g/mol. The van der Waals surface area contributed by atoms with Crippen LogP contribution < -0.4 is 10.1 Å². The lowest BCUT2D eigenvalue weighted by Crippen LogP contribution is -2.19. The molecule has 0 atom stereocenters. The molecule has 0 fully saturated rings. The van der Waals surface area contributed by atoms with E-state index >= 15 is 0 Å². The fourth-order valence-corrected chi connectivity index (χ4v) is 1.13. The van der Waals surface area contributed by atoms with Crippen LogP contribution in [-0.4, -0.2) is 42.7 Å². The number of H-pyrrole nitrogens is 1. The summed E-state index contributed by atoms with van der Waals surface area (Å²) in [7, 11) is 0. The smallest absolute Gasteiger partial charge is 0.337 e. The number of ether oxygens (including phenoxy) is 1. The molecule has 0 aliphatic heterocycles. The van der Waals surface area contributed by atoms with Gasteiger partial charge in [-0.3, -0.25) is 10.1 Å². The van der Waals surface area contributed by atoms with Crippen LogP contribution in [0.1, 0.15) is 6.92 Å². The van der Waals surface area contributed by atoms with E-state index in [0.29, 0.717) is 6.61 Å². The van der Waals surface area contributed by atoms with Crippen molar-refractivity contribution in [2.45, 2.75) is 13.5 Å². The average molecular weight is 237 g/mol. The summed E-state index contributed by atoms with van der Waals surface area (Å²) < 4.78 is 6.44. The van der Waals surface area contributed by atoms with E-state index < -0.39 is 0 Å². The first-order valence-corrected chi connectivity index (χ1v) is 4.97. The van der Waals surface area contributed by atoms with Crippen molar-refractivity contribution in [1.29, 1.82) is 0 Å². The predicted molar refractivity (Wildman–Crippen MR) is 56.2 cm³/mol. The molecule has 0 saturated heterocycles. The second-order valence-electron chi connectivity index (χ2n) is 3.05. The van der Waals surface area contributed by atoms with Crippen LogP contribution in [0.15, 0.2) is 12.4 Å². The van der Waals surface area contributed by atoms with Crippen molar-refractivity contribution < 1.29 is 9.53 Å². The van der Waals surface area contributed by atoms with E-state index in [9.17, 15) is 4.79 Å². The lowest BCUT2D eigenvalue weighted by atomic mass is 10.6. The molecule has 0 aliphatic rings. The molecule has 90 valence electrons. The first-order chi connectivity index (χ1) is 8.28. The number of hydrogen-bond donors (Lipinski definition) is 2. The molecule has 2 aromatic heterocycles. The van der Waals surface area contributed by atoms with Gasteiger partial charge in [-0.2, -0.15) is 4.98 Å². The van der Waals surface area contributed by atoms with E-state index in [-0.39, 0.29) is 24.4 Å². The standard InChI is InChI=1S/C8H11N7O2/c1-2-17-8-11-7(12-13-8)10-6(16)5-15-4-3-9-14-15/h3-4H,2,5H2,1H3,(H2,10,11,12,13,16). The Morgan fingerprint density at radius 3 is 3.24 bits per heavy atom. The Hall–Kier alpha value is -2.45. The molecule has 2 rings (SSSR count). The maximum atomic E-state index is 11.5. The second-order valence-corrected chi connectivity index (χ2v) is 3.05. The summed E-state index contributed by atoms with van der Waals surface area (Å²) in [6.45, 7) is 2.34. The van der Waals surface area contributed by atoms with Crippen LogP contribution in [-0.2, 0) is 11.3 Å². The zero-order valence-electron chi connectivity index (χ0n) is 9.12. The predicted octanol–water partition coefficient (Wildman–Crippen LogP) is -0.566. The maximum Gasteiger partial charge on any atom is 0.337 e. The summed E-state index contributed by atoms with van der Waals surface area (Å²) in [6, 6.07) is 0.198. The fourth-order valence-electron chi connectivity index (χ4n) is 1.13. The van der Waals surface area contributed by atoms with Crippen molar-refractivity contribution in [2.24, 2.45) is 0 Å². The Labute approximate surface area is 96.2 Å². The van der Waals surface area contributed by atoms with Crippen molar-refractivity contribution in [2.75, 3.05) is 11.9 Å². The van der Waals surface area contributed by atoms with Gasteiger partial charge in [0.1, 0.15) is 6.54 Å². The molecule has 2 aromatic rings. The number of aromatic amines is 1. The van der Waals surface area contributed by atoms with Crippen molar-refractivity contribution in [3.05, 3.63) is 12.4 Å².